The molecule has 0 radical (unpaired) electrons. The minimum atomic E-state index is -0.556. The van der Waals surface area contributed by atoms with Crippen LogP contribution in [0.25, 0.3) is 0 Å². The normalized spacial score (nSPS) is 9.36. The highest BCUT2D eigenvalue weighted by molar-refractivity contribution is 7.14. The van der Waals surface area contributed by atoms with Gasteiger partial charge in [-0.3, -0.25) is 10.1 Å². The Kier molecular flexibility index (Phi) is 6.47. The molecule has 0 spiro atoms. The van der Waals surface area contributed by atoms with Crippen molar-refractivity contribution in [2.75, 3.05) is 20.0 Å². The van der Waals surface area contributed by atoms with Crippen LogP contribution < -0.4 is 5.73 Å². The summed E-state index contributed by atoms with van der Waals surface area (Å²) in [5.74, 6) is -0.896. The molecule has 0 aliphatic heterocycles. The maximum Gasteiger partial charge on any atom is 0.338 e. The summed E-state index contributed by atoms with van der Waals surface area (Å²) >= 11 is 2.23. The lowest BCUT2D eigenvalue weighted by Gasteiger charge is -1.90. The number of thiophene rings is 2. The van der Waals surface area contributed by atoms with Crippen LogP contribution in [-0.4, -0.2) is 31.1 Å². The number of nitrogens with two attached hydrogens (primary N) is 1. The predicted molar refractivity (Wildman–Crippen MR) is 82.4 cm³/mol. The molecule has 8 nitrogen and oxygen atoms in total. The molecule has 0 aliphatic rings. The summed E-state index contributed by atoms with van der Waals surface area (Å²) in [4.78, 5) is 31.2. The molecule has 10 heteroatoms. The zero-order chi connectivity index (χ0) is 16.7. The van der Waals surface area contributed by atoms with Crippen LogP contribution in [0, 0.1) is 10.1 Å². The third-order valence-electron chi connectivity index (χ3n) is 2.23. The number of nitrogens with zero attached hydrogens (tertiary/aromatic N) is 1. The first kappa shape index (κ1) is 17.6. The highest BCUT2D eigenvalue weighted by Gasteiger charge is 2.14. The van der Waals surface area contributed by atoms with Crippen LogP contribution in [-0.2, 0) is 9.47 Å². The number of carbonyl (C=O) groups excluding carboxylic acids is 2. The molecule has 2 heterocycles. The van der Waals surface area contributed by atoms with E-state index >= 15 is 0 Å². The Morgan fingerprint density at radius 1 is 1.09 bits per heavy atom. The van der Waals surface area contributed by atoms with Crippen LogP contribution in [0.3, 0.4) is 0 Å². The Balaban J connectivity index is 0.000000224. The molecule has 2 aromatic heterocycles. The third kappa shape index (κ3) is 4.82. The second-order valence-electron chi connectivity index (χ2n) is 3.65. The molecule has 2 N–H and O–H groups in total. The average molecular weight is 344 g/mol. The second kappa shape index (κ2) is 8.10. The first-order chi connectivity index (χ1) is 10.4. The van der Waals surface area contributed by atoms with E-state index in [1.165, 1.54) is 37.0 Å². The fourth-order valence-corrected chi connectivity index (χ4v) is 2.54. The van der Waals surface area contributed by atoms with Gasteiger partial charge in [-0.1, -0.05) is 11.3 Å². The van der Waals surface area contributed by atoms with Gasteiger partial charge in [-0.15, -0.1) is 11.3 Å². The molecule has 118 valence electrons. The van der Waals surface area contributed by atoms with Gasteiger partial charge in [0, 0.05) is 16.8 Å². The van der Waals surface area contributed by atoms with Crippen molar-refractivity contribution in [2.24, 2.45) is 0 Å². The molecule has 0 bridgehead atoms. The SMILES string of the molecule is COC(=O)c1csc(N)c1.COC(=O)c1csc([N+](=O)[O-])c1. The summed E-state index contributed by atoms with van der Waals surface area (Å²) in [7, 11) is 2.57. The Morgan fingerprint density at radius 2 is 1.59 bits per heavy atom. The predicted octanol–water partition coefficient (Wildman–Crippen LogP) is 2.56. The monoisotopic (exact) mass is 344 g/mol. The van der Waals surface area contributed by atoms with Crippen LogP contribution in [0.5, 0.6) is 0 Å². The van der Waals surface area contributed by atoms with Gasteiger partial charge in [0.05, 0.1) is 35.3 Å². The minimum absolute atomic E-state index is 0.0598. The van der Waals surface area contributed by atoms with Crippen LogP contribution in [0.2, 0.25) is 0 Å². The first-order valence-corrected chi connectivity index (χ1v) is 7.38. The number of nitro groups is 1. The van der Waals surface area contributed by atoms with Gasteiger partial charge in [-0.05, 0) is 6.07 Å². The number of esters is 2. The van der Waals surface area contributed by atoms with Crippen LogP contribution >= 0.6 is 22.7 Å². The molecule has 0 atom stereocenters. The van der Waals surface area contributed by atoms with Gasteiger partial charge in [-0.25, -0.2) is 9.59 Å². The Labute approximate surface area is 133 Å². The summed E-state index contributed by atoms with van der Waals surface area (Å²) in [5.41, 5.74) is 6.12. The summed E-state index contributed by atoms with van der Waals surface area (Å²) in [6, 6.07) is 2.78. The molecule has 0 unspecified atom stereocenters. The number of hydrogen-bond acceptors (Lipinski definition) is 9. The van der Waals surface area contributed by atoms with Crippen LogP contribution in [0.4, 0.5) is 10.0 Å². The van der Waals surface area contributed by atoms with Crippen molar-refractivity contribution in [2.45, 2.75) is 0 Å². The molecule has 0 saturated carbocycles. The van der Waals surface area contributed by atoms with Crippen molar-refractivity contribution >= 4 is 44.6 Å². The second-order valence-corrected chi connectivity index (χ2v) is 5.48. The van der Waals surface area contributed by atoms with Gasteiger partial charge in [0.15, 0.2) is 0 Å². The average Bonchev–Trinajstić information content (AvgIpc) is 3.15. The van der Waals surface area contributed by atoms with Crippen molar-refractivity contribution in [3.05, 3.63) is 44.1 Å². The number of ether oxygens (including phenoxy) is 2. The number of rotatable bonds is 3. The molecule has 0 saturated heterocycles. The van der Waals surface area contributed by atoms with Gasteiger partial charge < -0.3 is 15.2 Å². The minimum Gasteiger partial charge on any atom is -0.465 e. The molecule has 0 amide bonds. The number of methoxy groups -OCH3 is 2. The van der Waals surface area contributed by atoms with Crippen LogP contribution in [0.15, 0.2) is 22.9 Å². The van der Waals surface area contributed by atoms with Gasteiger partial charge in [-0.2, -0.15) is 0 Å². The molecule has 2 rings (SSSR count). The van der Waals surface area contributed by atoms with E-state index in [1.54, 1.807) is 11.4 Å². The fraction of sp³-hybridized carbons (Fsp3) is 0.167. The smallest absolute Gasteiger partial charge is 0.338 e. The standard InChI is InChI=1S/C6H5NO4S.C6H7NO2S/c1-11-6(8)4-2-5(7(9)10)12-3-4;1-9-6(8)4-2-5(7)10-3-4/h2-3H,1H3;2-3H,7H2,1H3. The van der Waals surface area contributed by atoms with Gasteiger partial charge in [0.2, 0.25) is 0 Å². The van der Waals surface area contributed by atoms with E-state index in [-0.39, 0.29) is 16.5 Å². The van der Waals surface area contributed by atoms with E-state index in [4.69, 9.17) is 5.73 Å². The highest BCUT2D eigenvalue weighted by Crippen LogP contribution is 2.22. The maximum atomic E-state index is 10.8. The molecular weight excluding hydrogens is 332 g/mol. The zero-order valence-corrected chi connectivity index (χ0v) is 13.2. The molecule has 0 aromatic carbocycles. The molecule has 22 heavy (non-hydrogen) atoms. The largest absolute Gasteiger partial charge is 0.465 e. The van der Waals surface area contributed by atoms with Crippen LogP contribution in [0.1, 0.15) is 20.7 Å². The van der Waals surface area contributed by atoms with E-state index in [9.17, 15) is 19.7 Å². The van der Waals surface area contributed by atoms with Gasteiger partial charge >= 0.3 is 16.9 Å². The fourth-order valence-electron chi connectivity index (χ4n) is 1.22. The highest BCUT2D eigenvalue weighted by atomic mass is 32.1. The Bertz CT molecular complexity index is 679. The van der Waals surface area contributed by atoms with Crippen molar-refractivity contribution in [1.82, 2.24) is 0 Å². The number of carbonyl (C=O) groups is 2. The number of nitrogen functional groups attached to an aromatic ring is 1. The summed E-state index contributed by atoms with van der Waals surface area (Å²) in [5, 5.41) is 13.8. The maximum absolute atomic E-state index is 10.8. The van der Waals surface area contributed by atoms with E-state index in [0.717, 1.165) is 11.3 Å². The van der Waals surface area contributed by atoms with Gasteiger partial charge in [0.25, 0.3) is 0 Å². The number of anilines is 1. The van der Waals surface area contributed by atoms with Gasteiger partial charge in [0.1, 0.15) is 0 Å². The zero-order valence-electron chi connectivity index (χ0n) is 11.6. The van der Waals surface area contributed by atoms with E-state index in [2.05, 4.69) is 9.47 Å². The van der Waals surface area contributed by atoms with E-state index in [1.807, 2.05) is 0 Å². The third-order valence-corrected chi connectivity index (χ3v) is 3.87. The van der Waals surface area contributed by atoms with Crippen molar-refractivity contribution in [3.8, 4) is 0 Å². The summed E-state index contributed by atoms with van der Waals surface area (Å²) in [6.07, 6.45) is 0. The topological polar surface area (TPSA) is 122 Å². The van der Waals surface area contributed by atoms with E-state index < -0.39 is 10.9 Å². The molecular formula is C12H12N2O6S2. The lowest BCUT2D eigenvalue weighted by atomic mass is 10.3. The van der Waals surface area contributed by atoms with E-state index in [0.29, 0.717) is 10.6 Å². The Hall–Kier alpha value is -2.46. The molecule has 2 aromatic rings. The number of hydrogen-bond donors (Lipinski definition) is 1. The molecule has 0 fully saturated rings. The lowest BCUT2D eigenvalue weighted by Crippen LogP contribution is -1.98. The van der Waals surface area contributed by atoms with Crippen molar-refractivity contribution in [3.63, 3.8) is 0 Å². The first-order valence-electron chi connectivity index (χ1n) is 5.62. The summed E-state index contributed by atoms with van der Waals surface area (Å²) < 4.78 is 8.84. The Morgan fingerprint density at radius 3 is 1.95 bits per heavy atom. The summed E-state index contributed by atoms with van der Waals surface area (Å²) in [6.45, 7) is 0. The van der Waals surface area contributed by atoms with Crippen molar-refractivity contribution < 1.29 is 24.0 Å². The van der Waals surface area contributed by atoms with Crippen molar-refractivity contribution in [1.29, 1.82) is 0 Å². The molecule has 0 aliphatic carbocycles. The lowest BCUT2D eigenvalue weighted by molar-refractivity contribution is -0.380. The quantitative estimate of drug-likeness (QED) is 0.516.